The highest BCUT2D eigenvalue weighted by Crippen LogP contribution is 2.63. The molecule has 3 heterocycles. The molecule has 3 amide bonds. The number of carbonyl (C=O) groups excluding carboxylic acids is 3. The number of hydrogen-bond acceptors (Lipinski definition) is 5. The van der Waals surface area contributed by atoms with E-state index in [1.165, 1.54) is 0 Å². The van der Waals surface area contributed by atoms with Crippen LogP contribution in [0.25, 0.3) is 0 Å². The Kier molecular flexibility index (Phi) is 8.60. The molecule has 0 aromatic heterocycles. The standard InChI is InChI=1S/C33H38ClN3O5/c1-4-19-35(23-13-7-6-8-14-23)29(39)26-27-30(40)37(21-11-12-22-38)28(33(27)18-17-32(26,3)42-33)31(41)36(20-5-2)25-16-10-9-15-24(25)34/h4-10,13-16,26-28,38H,1-2,11-12,17-22H2,3H3/t26-,27-,28?,32+,33?/m0/s1. The number of para-hydroxylation sites is 2. The number of benzene rings is 2. The van der Waals surface area contributed by atoms with Gasteiger partial charge >= 0.3 is 0 Å². The molecule has 2 aromatic carbocycles. The molecule has 0 radical (unpaired) electrons. The summed E-state index contributed by atoms with van der Waals surface area (Å²) in [6.45, 7) is 10.3. The number of anilines is 2. The molecule has 3 saturated heterocycles. The van der Waals surface area contributed by atoms with E-state index in [1.807, 2.05) is 37.3 Å². The summed E-state index contributed by atoms with van der Waals surface area (Å²) in [4.78, 5) is 48.3. The second-order valence-corrected chi connectivity index (χ2v) is 11.9. The minimum atomic E-state index is -1.18. The zero-order valence-corrected chi connectivity index (χ0v) is 24.7. The third-order valence-corrected chi connectivity index (χ3v) is 9.27. The topological polar surface area (TPSA) is 90.4 Å². The zero-order chi connectivity index (χ0) is 30.1. The van der Waals surface area contributed by atoms with Gasteiger partial charge in [0.05, 0.1) is 28.1 Å². The van der Waals surface area contributed by atoms with Crippen molar-refractivity contribution in [3.05, 3.63) is 84.9 Å². The van der Waals surface area contributed by atoms with Crippen molar-refractivity contribution in [2.24, 2.45) is 11.8 Å². The molecule has 5 atom stereocenters. The van der Waals surface area contributed by atoms with Crippen molar-refractivity contribution in [3.8, 4) is 0 Å². The second-order valence-electron chi connectivity index (χ2n) is 11.5. The second kappa shape index (κ2) is 12.0. The van der Waals surface area contributed by atoms with Crippen LogP contribution in [-0.2, 0) is 19.1 Å². The Morgan fingerprint density at radius 1 is 1.02 bits per heavy atom. The normalized spacial score (nSPS) is 27.5. The van der Waals surface area contributed by atoms with Gasteiger partial charge in [0, 0.05) is 31.9 Å². The van der Waals surface area contributed by atoms with Crippen LogP contribution in [0.5, 0.6) is 0 Å². The Balaban J connectivity index is 1.59. The molecule has 3 aliphatic heterocycles. The van der Waals surface area contributed by atoms with E-state index in [-0.39, 0.29) is 44.0 Å². The van der Waals surface area contributed by atoms with Gasteiger partial charge in [-0.3, -0.25) is 14.4 Å². The Morgan fingerprint density at radius 2 is 1.69 bits per heavy atom. The predicted molar refractivity (Wildman–Crippen MR) is 163 cm³/mol. The minimum Gasteiger partial charge on any atom is -0.396 e. The first-order chi connectivity index (χ1) is 20.2. The Morgan fingerprint density at radius 3 is 2.36 bits per heavy atom. The smallest absolute Gasteiger partial charge is 0.253 e. The van der Waals surface area contributed by atoms with Gasteiger partial charge in [-0.15, -0.1) is 13.2 Å². The summed E-state index contributed by atoms with van der Waals surface area (Å²) in [7, 11) is 0. The van der Waals surface area contributed by atoms with Gasteiger partial charge in [-0.1, -0.05) is 54.1 Å². The van der Waals surface area contributed by atoms with Crippen molar-refractivity contribution in [1.29, 1.82) is 0 Å². The molecule has 0 aliphatic carbocycles. The van der Waals surface area contributed by atoms with E-state index in [2.05, 4.69) is 13.2 Å². The fourth-order valence-electron chi connectivity index (χ4n) is 7.20. The van der Waals surface area contributed by atoms with Gasteiger partial charge in [-0.2, -0.15) is 0 Å². The molecule has 8 nitrogen and oxygen atoms in total. The predicted octanol–water partition coefficient (Wildman–Crippen LogP) is 4.62. The molecule has 9 heteroatoms. The van der Waals surface area contributed by atoms with Crippen molar-refractivity contribution in [1.82, 2.24) is 4.90 Å². The molecule has 1 spiro atoms. The number of aliphatic hydroxyl groups is 1. The van der Waals surface area contributed by atoms with Crippen LogP contribution in [0.1, 0.15) is 32.6 Å². The summed E-state index contributed by atoms with van der Waals surface area (Å²) in [6.07, 6.45) is 5.27. The molecule has 3 fully saturated rings. The fraction of sp³-hybridized carbons (Fsp3) is 0.424. The van der Waals surface area contributed by atoms with Crippen molar-refractivity contribution in [2.75, 3.05) is 36.0 Å². The molecule has 2 bridgehead atoms. The largest absolute Gasteiger partial charge is 0.396 e. The summed E-state index contributed by atoms with van der Waals surface area (Å²) < 4.78 is 6.81. The lowest BCUT2D eigenvalue weighted by atomic mass is 9.66. The van der Waals surface area contributed by atoms with Crippen molar-refractivity contribution < 1.29 is 24.2 Å². The van der Waals surface area contributed by atoms with Crippen LogP contribution in [0, 0.1) is 11.8 Å². The van der Waals surface area contributed by atoms with Crippen LogP contribution in [0.4, 0.5) is 11.4 Å². The number of unbranched alkanes of at least 4 members (excludes halogenated alkanes) is 1. The SMILES string of the molecule is C=CCN(C(=O)[C@@H]1[C@H]2C(=O)N(CCCCO)C(C(=O)N(CC=C)c3ccccc3Cl)C23CC[C@@]1(C)O3)c1ccccc1. The molecule has 1 N–H and O–H groups in total. The summed E-state index contributed by atoms with van der Waals surface area (Å²) >= 11 is 6.54. The number of amides is 3. The first-order valence-corrected chi connectivity index (χ1v) is 14.9. The van der Waals surface area contributed by atoms with E-state index in [0.29, 0.717) is 42.1 Å². The maximum absolute atomic E-state index is 14.6. The highest BCUT2D eigenvalue weighted by Gasteiger charge is 2.78. The number of nitrogens with zero attached hydrogens (tertiary/aromatic N) is 3. The van der Waals surface area contributed by atoms with Crippen LogP contribution in [0.2, 0.25) is 5.02 Å². The Labute approximate surface area is 252 Å². The van der Waals surface area contributed by atoms with Crippen LogP contribution in [0.3, 0.4) is 0 Å². The monoisotopic (exact) mass is 591 g/mol. The summed E-state index contributed by atoms with van der Waals surface area (Å²) in [5.74, 6) is -2.44. The average molecular weight is 592 g/mol. The van der Waals surface area contributed by atoms with E-state index in [0.717, 1.165) is 0 Å². The van der Waals surface area contributed by atoms with E-state index in [1.54, 1.807) is 51.1 Å². The van der Waals surface area contributed by atoms with Crippen LogP contribution >= 0.6 is 11.6 Å². The number of fused-ring (bicyclic) bond motifs is 1. The number of ether oxygens (including phenoxy) is 1. The number of aliphatic hydroxyl groups excluding tert-OH is 1. The van der Waals surface area contributed by atoms with Gasteiger partial charge in [0.15, 0.2) is 0 Å². The van der Waals surface area contributed by atoms with E-state index < -0.39 is 29.1 Å². The third-order valence-electron chi connectivity index (χ3n) is 8.95. The average Bonchev–Trinajstić information content (AvgIpc) is 3.55. The molecular weight excluding hydrogens is 554 g/mol. The zero-order valence-electron chi connectivity index (χ0n) is 24.0. The molecule has 2 aromatic rings. The molecular formula is C33H38ClN3O5. The molecule has 3 aliphatic rings. The van der Waals surface area contributed by atoms with Gasteiger partial charge in [0.1, 0.15) is 11.6 Å². The van der Waals surface area contributed by atoms with Gasteiger partial charge < -0.3 is 24.5 Å². The fourth-order valence-corrected chi connectivity index (χ4v) is 7.44. The maximum atomic E-state index is 14.6. The Bertz CT molecular complexity index is 1370. The minimum absolute atomic E-state index is 0.0271. The maximum Gasteiger partial charge on any atom is 0.253 e. The van der Waals surface area contributed by atoms with Gasteiger partial charge in [0.25, 0.3) is 5.91 Å². The van der Waals surface area contributed by atoms with Crippen LogP contribution in [-0.4, -0.2) is 71.2 Å². The quantitative estimate of drug-likeness (QED) is 0.287. The number of likely N-dealkylation sites (tertiary alicyclic amines) is 1. The van der Waals surface area contributed by atoms with Gasteiger partial charge in [0.2, 0.25) is 11.8 Å². The van der Waals surface area contributed by atoms with E-state index in [4.69, 9.17) is 16.3 Å². The van der Waals surface area contributed by atoms with Crippen molar-refractivity contribution >= 4 is 40.7 Å². The van der Waals surface area contributed by atoms with Crippen LogP contribution < -0.4 is 9.80 Å². The molecule has 222 valence electrons. The molecule has 0 saturated carbocycles. The van der Waals surface area contributed by atoms with Gasteiger partial charge in [-0.25, -0.2) is 0 Å². The molecule has 42 heavy (non-hydrogen) atoms. The lowest BCUT2D eigenvalue weighted by Gasteiger charge is -2.37. The number of halogens is 1. The van der Waals surface area contributed by atoms with E-state index >= 15 is 0 Å². The highest BCUT2D eigenvalue weighted by molar-refractivity contribution is 6.34. The lowest BCUT2D eigenvalue weighted by Crippen LogP contribution is -2.56. The highest BCUT2D eigenvalue weighted by atomic mass is 35.5. The number of hydrogen-bond donors (Lipinski definition) is 1. The summed E-state index contributed by atoms with van der Waals surface area (Å²) in [5.41, 5.74) is -0.884. The van der Waals surface area contributed by atoms with Crippen molar-refractivity contribution in [2.45, 2.75) is 49.9 Å². The molecule has 2 unspecified atom stereocenters. The van der Waals surface area contributed by atoms with Crippen molar-refractivity contribution in [3.63, 3.8) is 0 Å². The Hall–Kier alpha value is -3.46. The summed E-state index contributed by atoms with van der Waals surface area (Å²) in [5, 5.41) is 9.87. The first-order valence-electron chi connectivity index (χ1n) is 14.5. The number of rotatable bonds is 12. The number of carbonyl (C=O) groups is 3. The van der Waals surface area contributed by atoms with Gasteiger partial charge in [-0.05, 0) is 56.9 Å². The van der Waals surface area contributed by atoms with Crippen LogP contribution in [0.15, 0.2) is 79.9 Å². The molecule has 5 rings (SSSR count). The summed E-state index contributed by atoms with van der Waals surface area (Å²) in [6, 6.07) is 15.4. The third kappa shape index (κ3) is 4.85. The lowest BCUT2D eigenvalue weighted by molar-refractivity contribution is -0.144. The van der Waals surface area contributed by atoms with E-state index in [9.17, 15) is 19.5 Å². The first kappa shape index (κ1) is 30.0.